The lowest BCUT2D eigenvalue weighted by atomic mass is 9.68. The van der Waals surface area contributed by atoms with Crippen LogP contribution in [0.1, 0.15) is 27.7 Å². The van der Waals surface area contributed by atoms with E-state index in [0.717, 1.165) is 27.9 Å². The van der Waals surface area contributed by atoms with Crippen molar-refractivity contribution in [3.05, 3.63) is 57.2 Å². The molecule has 0 heterocycles. The van der Waals surface area contributed by atoms with E-state index in [0.29, 0.717) is 11.1 Å². The van der Waals surface area contributed by atoms with Crippen molar-refractivity contribution in [2.75, 3.05) is 14.2 Å². The fourth-order valence-electron chi connectivity index (χ4n) is 4.70. The molecule has 0 aromatic heterocycles. The Morgan fingerprint density at radius 1 is 0.958 bits per heavy atom. The minimum atomic E-state index is -0.695. The average Bonchev–Trinajstić information content (AvgIpc) is 2.97. The Kier molecular flexibility index (Phi) is 3.67. The maximum atomic E-state index is 12.7. The third-order valence-corrected chi connectivity index (χ3v) is 5.38. The molecule has 126 valence electrons. The van der Waals surface area contributed by atoms with Crippen LogP contribution in [-0.4, -0.2) is 26.2 Å². The predicted octanol–water partition coefficient (Wildman–Crippen LogP) is 3.43. The average molecular weight is 326 g/mol. The van der Waals surface area contributed by atoms with Crippen LogP contribution in [0.2, 0.25) is 0 Å². The van der Waals surface area contributed by atoms with Crippen LogP contribution in [0.4, 0.5) is 0 Å². The van der Waals surface area contributed by atoms with Gasteiger partial charge in [-0.1, -0.05) is 34.9 Å². The predicted molar refractivity (Wildman–Crippen MR) is 91.0 cm³/mol. The van der Waals surface area contributed by atoms with Gasteiger partial charge in [-0.2, -0.15) is 0 Å². The van der Waals surface area contributed by atoms with Crippen molar-refractivity contribution in [1.82, 2.24) is 0 Å². The van der Waals surface area contributed by atoms with Crippen molar-refractivity contribution in [2.45, 2.75) is 27.7 Å². The monoisotopic (exact) mass is 326 g/mol. The van der Waals surface area contributed by atoms with E-state index in [9.17, 15) is 9.59 Å². The molecule has 0 saturated carbocycles. The van der Waals surface area contributed by atoms with E-state index in [1.807, 2.05) is 27.7 Å². The molecule has 0 aliphatic heterocycles. The zero-order valence-corrected chi connectivity index (χ0v) is 14.9. The highest BCUT2D eigenvalue weighted by atomic mass is 16.5. The molecule has 0 amide bonds. The third kappa shape index (κ3) is 1.80. The number of hydrogen-bond acceptors (Lipinski definition) is 4. The molecule has 0 spiro atoms. The first-order valence-corrected chi connectivity index (χ1v) is 7.99. The number of esters is 2. The Bertz CT molecular complexity index is 817. The molecule has 3 aliphatic rings. The fourth-order valence-corrected chi connectivity index (χ4v) is 4.70. The number of hydrogen-bond donors (Lipinski definition) is 0. The first-order chi connectivity index (χ1) is 11.3. The number of ether oxygens (including phenoxy) is 2. The molecule has 0 N–H and O–H groups in total. The van der Waals surface area contributed by atoms with E-state index >= 15 is 0 Å². The zero-order valence-electron chi connectivity index (χ0n) is 14.9. The quantitative estimate of drug-likeness (QED) is 0.576. The van der Waals surface area contributed by atoms with Gasteiger partial charge in [0.1, 0.15) is 0 Å². The maximum absolute atomic E-state index is 12.7. The SMILES string of the molecule is COC(=O)C1=C(C(=O)OC)C23C(C)=CC(C)=CC(C)=C2C1C=C3C. The number of carbonyl (C=O) groups excluding carboxylic acids is 2. The highest BCUT2D eigenvalue weighted by Gasteiger charge is 2.60. The molecular formula is C20H22O4. The Morgan fingerprint density at radius 3 is 2.17 bits per heavy atom. The van der Waals surface area contributed by atoms with Gasteiger partial charge in [-0.25, -0.2) is 9.59 Å². The number of carbonyl (C=O) groups is 2. The summed E-state index contributed by atoms with van der Waals surface area (Å²) in [5.74, 6) is -1.18. The van der Waals surface area contributed by atoms with Crippen LogP contribution >= 0.6 is 0 Å². The van der Waals surface area contributed by atoms with Crippen molar-refractivity contribution in [1.29, 1.82) is 0 Å². The lowest BCUT2D eigenvalue weighted by molar-refractivity contribution is -0.139. The summed E-state index contributed by atoms with van der Waals surface area (Å²) >= 11 is 0. The molecule has 2 unspecified atom stereocenters. The molecule has 0 fully saturated rings. The van der Waals surface area contributed by atoms with E-state index in [-0.39, 0.29) is 5.92 Å². The first kappa shape index (κ1) is 16.5. The van der Waals surface area contributed by atoms with Gasteiger partial charge in [-0.3, -0.25) is 0 Å². The van der Waals surface area contributed by atoms with Gasteiger partial charge < -0.3 is 9.47 Å². The summed E-state index contributed by atoms with van der Waals surface area (Å²) in [4.78, 5) is 25.2. The number of methoxy groups -OCH3 is 2. The van der Waals surface area contributed by atoms with Crippen LogP contribution in [0.15, 0.2) is 57.2 Å². The summed E-state index contributed by atoms with van der Waals surface area (Å²) in [6.45, 7) is 8.11. The standard InChI is InChI=1S/C20H22O4/c1-10-7-11(2)16-14-9-13(4)20(16,12(3)8-10)17(19(22)24-6)15(14)18(21)23-5/h7-9,14H,1-6H3. The molecule has 24 heavy (non-hydrogen) atoms. The second-order valence-corrected chi connectivity index (χ2v) is 6.66. The maximum Gasteiger partial charge on any atom is 0.335 e. The second kappa shape index (κ2) is 5.33. The van der Waals surface area contributed by atoms with Gasteiger partial charge in [-0.05, 0) is 38.8 Å². The van der Waals surface area contributed by atoms with Gasteiger partial charge in [0.15, 0.2) is 0 Å². The van der Waals surface area contributed by atoms with Gasteiger partial charge in [0, 0.05) is 5.92 Å². The Hall–Kier alpha value is -2.36. The lowest BCUT2D eigenvalue weighted by Crippen LogP contribution is -2.30. The summed E-state index contributed by atoms with van der Waals surface area (Å²) in [6, 6.07) is 0. The molecular weight excluding hydrogens is 304 g/mol. The molecule has 0 saturated heterocycles. The third-order valence-electron chi connectivity index (χ3n) is 5.38. The highest BCUT2D eigenvalue weighted by molar-refractivity contribution is 6.07. The van der Waals surface area contributed by atoms with Crippen molar-refractivity contribution >= 4 is 11.9 Å². The van der Waals surface area contributed by atoms with Crippen LogP contribution < -0.4 is 0 Å². The molecule has 3 rings (SSSR count). The molecule has 0 aromatic rings. The highest BCUT2D eigenvalue weighted by Crippen LogP contribution is 2.65. The molecule has 4 nitrogen and oxygen atoms in total. The van der Waals surface area contributed by atoms with Crippen LogP contribution in [0.3, 0.4) is 0 Å². The molecule has 0 radical (unpaired) electrons. The zero-order chi connectivity index (χ0) is 17.8. The molecule has 3 aliphatic carbocycles. The van der Waals surface area contributed by atoms with E-state index in [4.69, 9.17) is 9.47 Å². The van der Waals surface area contributed by atoms with Gasteiger partial charge in [-0.15, -0.1) is 0 Å². The van der Waals surface area contributed by atoms with Crippen molar-refractivity contribution in [3.8, 4) is 0 Å². The van der Waals surface area contributed by atoms with E-state index in [2.05, 4.69) is 18.2 Å². The van der Waals surface area contributed by atoms with Gasteiger partial charge in [0.05, 0.1) is 30.8 Å². The minimum Gasteiger partial charge on any atom is -0.466 e. The first-order valence-electron chi connectivity index (χ1n) is 7.99. The molecule has 0 aromatic carbocycles. The summed E-state index contributed by atoms with van der Waals surface area (Å²) < 4.78 is 10.0. The van der Waals surface area contributed by atoms with E-state index in [1.54, 1.807) is 0 Å². The van der Waals surface area contributed by atoms with Crippen LogP contribution in [0, 0.1) is 11.3 Å². The van der Waals surface area contributed by atoms with Crippen molar-refractivity contribution in [2.24, 2.45) is 11.3 Å². The van der Waals surface area contributed by atoms with Crippen molar-refractivity contribution in [3.63, 3.8) is 0 Å². The Morgan fingerprint density at radius 2 is 1.58 bits per heavy atom. The van der Waals surface area contributed by atoms with E-state index in [1.165, 1.54) is 14.2 Å². The van der Waals surface area contributed by atoms with Crippen molar-refractivity contribution < 1.29 is 19.1 Å². The van der Waals surface area contributed by atoms with Crippen LogP contribution in [0.5, 0.6) is 0 Å². The summed E-state index contributed by atoms with van der Waals surface area (Å²) in [5, 5.41) is 0. The fraction of sp³-hybridized carbons (Fsp3) is 0.400. The molecule has 4 heteroatoms. The van der Waals surface area contributed by atoms with Crippen LogP contribution in [-0.2, 0) is 19.1 Å². The Balaban J connectivity index is 2.43. The molecule has 2 bridgehead atoms. The van der Waals surface area contributed by atoms with Gasteiger partial charge in [0.2, 0.25) is 0 Å². The smallest absolute Gasteiger partial charge is 0.335 e. The largest absolute Gasteiger partial charge is 0.466 e. The minimum absolute atomic E-state index is 0.239. The normalized spacial score (nSPS) is 28.1. The summed E-state index contributed by atoms with van der Waals surface area (Å²) in [5.41, 5.74) is 5.50. The van der Waals surface area contributed by atoms with E-state index < -0.39 is 17.4 Å². The Labute approximate surface area is 142 Å². The second-order valence-electron chi connectivity index (χ2n) is 6.66. The number of allylic oxidation sites excluding steroid dienone is 8. The van der Waals surface area contributed by atoms with Gasteiger partial charge >= 0.3 is 11.9 Å². The summed E-state index contributed by atoms with van der Waals surface area (Å²) in [7, 11) is 2.69. The van der Waals surface area contributed by atoms with Gasteiger partial charge in [0.25, 0.3) is 0 Å². The summed E-state index contributed by atoms with van der Waals surface area (Å²) in [6.07, 6.45) is 6.26. The van der Waals surface area contributed by atoms with Crippen LogP contribution in [0.25, 0.3) is 0 Å². The molecule has 2 atom stereocenters. The number of rotatable bonds is 2. The topological polar surface area (TPSA) is 52.6 Å². The lowest BCUT2D eigenvalue weighted by Gasteiger charge is -2.34.